The van der Waals surface area contributed by atoms with Gasteiger partial charge < -0.3 is 5.32 Å². The third-order valence-electron chi connectivity index (χ3n) is 3.10. The summed E-state index contributed by atoms with van der Waals surface area (Å²) in [5.41, 5.74) is 2.86. The molecule has 0 radical (unpaired) electrons. The molecule has 0 unspecified atom stereocenters. The minimum absolute atomic E-state index is 0.135. The Hall–Kier alpha value is -2.53. The predicted octanol–water partition coefficient (Wildman–Crippen LogP) is 2.97. The predicted molar refractivity (Wildman–Crippen MR) is 81.4 cm³/mol. The van der Waals surface area contributed by atoms with Crippen LogP contribution in [0.4, 0.5) is 0 Å². The minimum atomic E-state index is -0.300. The number of hydrogen-bond donors (Lipinski definition) is 1. The molecule has 0 aliphatic heterocycles. The van der Waals surface area contributed by atoms with E-state index in [1.54, 1.807) is 12.1 Å². The Balaban J connectivity index is 2.01. The first-order chi connectivity index (χ1) is 9.69. The molecule has 0 aliphatic carbocycles. The minimum Gasteiger partial charge on any atom is -0.338 e. The third-order valence-corrected chi connectivity index (χ3v) is 3.10. The van der Waals surface area contributed by atoms with E-state index in [-0.39, 0.29) is 11.9 Å². The SMILES string of the molecule is C#C[C@H](Cc1ccccc1)NC(=O)c1ccc(C)cc1. The molecule has 20 heavy (non-hydrogen) atoms. The maximum atomic E-state index is 12.1. The van der Waals surface area contributed by atoms with Gasteiger partial charge in [0.25, 0.3) is 5.91 Å². The van der Waals surface area contributed by atoms with Crippen LogP contribution in [0.5, 0.6) is 0 Å². The highest BCUT2D eigenvalue weighted by atomic mass is 16.1. The molecule has 100 valence electrons. The molecule has 2 nitrogen and oxygen atoms in total. The van der Waals surface area contributed by atoms with Crippen molar-refractivity contribution in [1.29, 1.82) is 0 Å². The number of hydrogen-bond acceptors (Lipinski definition) is 1. The Morgan fingerprint density at radius 2 is 1.80 bits per heavy atom. The van der Waals surface area contributed by atoms with Crippen LogP contribution < -0.4 is 5.32 Å². The van der Waals surface area contributed by atoms with E-state index in [0.717, 1.165) is 11.1 Å². The molecule has 0 bridgehead atoms. The van der Waals surface area contributed by atoms with Gasteiger partial charge >= 0.3 is 0 Å². The number of nitrogens with one attached hydrogen (secondary N) is 1. The van der Waals surface area contributed by atoms with E-state index < -0.39 is 0 Å². The lowest BCUT2D eigenvalue weighted by atomic mass is 10.1. The molecule has 1 N–H and O–H groups in total. The first kappa shape index (κ1) is 13.9. The van der Waals surface area contributed by atoms with Gasteiger partial charge in [-0.15, -0.1) is 6.42 Å². The average molecular weight is 263 g/mol. The van der Waals surface area contributed by atoms with Crippen LogP contribution in [0.2, 0.25) is 0 Å². The first-order valence-electron chi connectivity index (χ1n) is 6.56. The summed E-state index contributed by atoms with van der Waals surface area (Å²) in [4.78, 5) is 12.1. The average Bonchev–Trinajstić information content (AvgIpc) is 2.48. The van der Waals surface area contributed by atoms with Crippen molar-refractivity contribution in [2.45, 2.75) is 19.4 Å². The van der Waals surface area contributed by atoms with Crippen LogP contribution in [0.15, 0.2) is 54.6 Å². The molecule has 0 heterocycles. The molecular weight excluding hydrogens is 246 g/mol. The molecule has 2 aromatic carbocycles. The topological polar surface area (TPSA) is 29.1 Å². The van der Waals surface area contributed by atoms with E-state index in [0.29, 0.717) is 12.0 Å². The second kappa shape index (κ2) is 6.58. The smallest absolute Gasteiger partial charge is 0.252 e. The molecule has 1 amide bonds. The van der Waals surface area contributed by atoms with Crippen LogP contribution in [0.3, 0.4) is 0 Å². The highest BCUT2D eigenvalue weighted by Gasteiger charge is 2.11. The molecule has 2 aromatic rings. The van der Waals surface area contributed by atoms with Crippen LogP contribution in [0, 0.1) is 19.3 Å². The molecular formula is C18H17NO. The Labute approximate surface area is 119 Å². The van der Waals surface area contributed by atoms with Crippen molar-refractivity contribution in [3.8, 4) is 12.3 Å². The fraction of sp³-hybridized carbons (Fsp3) is 0.167. The van der Waals surface area contributed by atoms with Crippen molar-refractivity contribution in [1.82, 2.24) is 5.32 Å². The van der Waals surface area contributed by atoms with E-state index in [1.807, 2.05) is 49.4 Å². The van der Waals surface area contributed by atoms with Gasteiger partial charge in [0.2, 0.25) is 0 Å². The molecule has 0 fully saturated rings. The summed E-state index contributed by atoms with van der Waals surface area (Å²) in [5, 5.41) is 2.88. The van der Waals surface area contributed by atoms with Gasteiger partial charge in [0.1, 0.15) is 0 Å². The zero-order chi connectivity index (χ0) is 14.4. The summed E-state index contributed by atoms with van der Waals surface area (Å²) in [7, 11) is 0. The number of carbonyl (C=O) groups is 1. The van der Waals surface area contributed by atoms with E-state index in [2.05, 4.69) is 11.2 Å². The van der Waals surface area contributed by atoms with E-state index >= 15 is 0 Å². The summed E-state index contributed by atoms with van der Waals surface area (Å²) >= 11 is 0. The van der Waals surface area contributed by atoms with Crippen LogP contribution >= 0.6 is 0 Å². The van der Waals surface area contributed by atoms with Gasteiger partial charge in [-0.2, -0.15) is 0 Å². The van der Waals surface area contributed by atoms with Crippen molar-refractivity contribution in [2.75, 3.05) is 0 Å². The molecule has 0 saturated heterocycles. The third kappa shape index (κ3) is 3.73. The molecule has 0 saturated carbocycles. The Bertz CT molecular complexity index is 608. The number of terminal acetylenes is 1. The zero-order valence-electron chi connectivity index (χ0n) is 11.5. The summed E-state index contributed by atoms with van der Waals surface area (Å²) in [6.45, 7) is 1.99. The summed E-state index contributed by atoms with van der Waals surface area (Å²) in [6.07, 6.45) is 6.14. The van der Waals surface area contributed by atoms with Crippen LogP contribution in [-0.4, -0.2) is 11.9 Å². The van der Waals surface area contributed by atoms with Gasteiger partial charge in [-0.05, 0) is 24.6 Å². The summed E-state index contributed by atoms with van der Waals surface area (Å²) < 4.78 is 0. The normalized spacial score (nSPS) is 11.4. The largest absolute Gasteiger partial charge is 0.338 e. The standard InChI is InChI=1S/C18H17NO/c1-3-17(13-15-7-5-4-6-8-15)19-18(20)16-11-9-14(2)10-12-16/h1,4-12,17H,13H2,2H3,(H,19,20)/t17-/m1/s1. The van der Waals surface area contributed by atoms with Crippen LogP contribution in [0.1, 0.15) is 21.5 Å². The second-order valence-electron chi connectivity index (χ2n) is 4.75. The lowest BCUT2D eigenvalue weighted by Crippen LogP contribution is -2.35. The van der Waals surface area contributed by atoms with Gasteiger partial charge in [0.15, 0.2) is 0 Å². The van der Waals surface area contributed by atoms with E-state index in [4.69, 9.17) is 6.42 Å². The van der Waals surface area contributed by atoms with E-state index in [9.17, 15) is 4.79 Å². The number of benzene rings is 2. The highest BCUT2D eigenvalue weighted by molar-refractivity contribution is 5.94. The van der Waals surface area contributed by atoms with Gasteiger partial charge in [0, 0.05) is 12.0 Å². The summed E-state index contributed by atoms with van der Waals surface area (Å²) in [6, 6.07) is 17.0. The lowest BCUT2D eigenvalue weighted by molar-refractivity contribution is 0.0945. The van der Waals surface area contributed by atoms with E-state index in [1.165, 1.54) is 0 Å². The van der Waals surface area contributed by atoms with Crippen molar-refractivity contribution >= 4 is 5.91 Å². The molecule has 1 atom stereocenters. The molecule has 0 spiro atoms. The fourth-order valence-corrected chi connectivity index (χ4v) is 1.95. The van der Waals surface area contributed by atoms with Crippen molar-refractivity contribution in [3.05, 3.63) is 71.3 Å². The summed E-state index contributed by atoms with van der Waals surface area (Å²) in [5.74, 6) is 2.50. The highest BCUT2D eigenvalue weighted by Crippen LogP contribution is 2.06. The zero-order valence-corrected chi connectivity index (χ0v) is 11.5. The number of aryl methyl sites for hydroxylation is 1. The van der Waals surface area contributed by atoms with Gasteiger partial charge in [0.05, 0.1) is 6.04 Å². The quantitative estimate of drug-likeness (QED) is 0.844. The number of carbonyl (C=O) groups excluding carboxylic acids is 1. The van der Waals surface area contributed by atoms with Crippen LogP contribution in [0.25, 0.3) is 0 Å². The maximum Gasteiger partial charge on any atom is 0.252 e. The number of amides is 1. The van der Waals surface area contributed by atoms with Crippen LogP contribution in [-0.2, 0) is 6.42 Å². The van der Waals surface area contributed by atoms with Crippen molar-refractivity contribution < 1.29 is 4.79 Å². The van der Waals surface area contributed by atoms with Crippen molar-refractivity contribution in [2.24, 2.45) is 0 Å². The second-order valence-corrected chi connectivity index (χ2v) is 4.75. The fourth-order valence-electron chi connectivity index (χ4n) is 1.95. The lowest BCUT2D eigenvalue weighted by Gasteiger charge is -2.13. The maximum absolute atomic E-state index is 12.1. The molecule has 0 aromatic heterocycles. The Morgan fingerprint density at radius 1 is 1.15 bits per heavy atom. The monoisotopic (exact) mass is 263 g/mol. The Morgan fingerprint density at radius 3 is 2.40 bits per heavy atom. The molecule has 2 rings (SSSR count). The van der Waals surface area contributed by atoms with Crippen molar-refractivity contribution in [3.63, 3.8) is 0 Å². The Kier molecular flexibility index (Phi) is 4.57. The van der Waals surface area contributed by atoms with Gasteiger partial charge in [-0.3, -0.25) is 4.79 Å². The molecule has 0 aliphatic rings. The number of rotatable bonds is 4. The first-order valence-corrected chi connectivity index (χ1v) is 6.56. The van der Waals surface area contributed by atoms with Gasteiger partial charge in [-0.25, -0.2) is 0 Å². The molecule has 2 heteroatoms. The van der Waals surface area contributed by atoms with Gasteiger partial charge in [-0.1, -0.05) is 53.9 Å².